The third kappa shape index (κ3) is 8.66. The van der Waals surface area contributed by atoms with E-state index in [1.54, 1.807) is 42.5 Å². The van der Waals surface area contributed by atoms with Crippen molar-refractivity contribution in [2.75, 3.05) is 18.0 Å². The highest BCUT2D eigenvalue weighted by molar-refractivity contribution is 7.92. The second-order valence-corrected chi connectivity index (χ2v) is 14.2. The predicted molar refractivity (Wildman–Crippen MR) is 185 cm³/mol. The third-order valence-electron chi connectivity index (χ3n) is 8.29. The molecule has 0 aromatic heterocycles. The maximum absolute atomic E-state index is 14.6. The topological polar surface area (TPSA) is 96.0 Å². The number of ether oxygens (including phenoxy) is 1. The van der Waals surface area contributed by atoms with Crippen molar-refractivity contribution >= 4 is 50.7 Å². The van der Waals surface area contributed by atoms with Crippen LogP contribution in [-0.2, 0) is 32.6 Å². The van der Waals surface area contributed by atoms with E-state index in [-0.39, 0.29) is 35.5 Å². The maximum atomic E-state index is 14.6. The van der Waals surface area contributed by atoms with Crippen LogP contribution in [0.5, 0.6) is 5.75 Å². The summed E-state index contributed by atoms with van der Waals surface area (Å²) in [6.07, 6.45) is 4.00. The molecule has 1 aliphatic rings. The van der Waals surface area contributed by atoms with Crippen molar-refractivity contribution in [2.45, 2.75) is 55.6 Å². The van der Waals surface area contributed by atoms with E-state index in [2.05, 4.69) is 5.32 Å². The summed E-state index contributed by atoms with van der Waals surface area (Å²) in [5, 5.41) is 3.90. The molecule has 1 unspecified atom stereocenters. The molecule has 11 heteroatoms. The number of benzene rings is 4. The Labute approximate surface area is 286 Å². The first-order valence-corrected chi connectivity index (χ1v) is 17.6. The van der Waals surface area contributed by atoms with Crippen LogP contribution >= 0.6 is 23.2 Å². The highest BCUT2D eigenvalue weighted by Gasteiger charge is 2.36. The Bertz CT molecular complexity index is 1780. The first kappa shape index (κ1) is 34.3. The van der Waals surface area contributed by atoms with E-state index < -0.39 is 28.5 Å². The van der Waals surface area contributed by atoms with E-state index >= 15 is 0 Å². The second kappa shape index (κ2) is 15.7. The van der Waals surface area contributed by atoms with Crippen LogP contribution in [0, 0.1) is 0 Å². The number of anilines is 1. The standard InChI is InChI=1S/C36H37Cl2N3O5S/c1-46-31-18-20-32(21-19-31)47(44,45)41(30-16-9-13-28(37)23-30)25-35(42)40(24-27-12-5-8-17-33(27)38)34(22-26-10-3-2-4-11-26)36(43)39-29-14-6-7-15-29/h2-5,8-13,16-21,23,29,34H,6-7,14-15,22,24-25H2,1H3,(H,39,43). The molecular formula is C36H37Cl2N3O5S. The Balaban J connectivity index is 1.57. The molecule has 8 nitrogen and oxygen atoms in total. The number of halogens is 2. The third-order valence-corrected chi connectivity index (χ3v) is 10.7. The molecule has 4 aromatic rings. The molecule has 0 heterocycles. The van der Waals surface area contributed by atoms with E-state index in [9.17, 15) is 18.0 Å². The lowest BCUT2D eigenvalue weighted by molar-refractivity contribution is -0.140. The van der Waals surface area contributed by atoms with Gasteiger partial charge >= 0.3 is 0 Å². The van der Waals surface area contributed by atoms with Crippen LogP contribution in [0.25, 0.3) is 0 Å². The summed E-state index contributed by atoms with van der Waals surface area (Å²) in [4.78, 5) is 30.1. The number of carbonyl (C=O) groups excluding carboxylic acids is 2. The van der Waals surface area contributed by atoms with Gasteiger partial charge in [-0.2, -0.15) is 0 Å². The lowest BCUT2D eigenvalue weighted by atomic mass is 10.0. The largest absolute Gasteiger partial charge is 0.497 e. The van der Waals surface area contributed by atoms with Gasteiger partial charge in [-0.25, -0.2) is 8.42 Å². The van der Waals surface area contributed by atoms with Gasteiger partial charge in [0.2, 0.25) is 11.8 Å². The van der Waals surface area contributed by atoms with E-state index in [0.717, 1.165) is 35.6 Å². The Morgan fingerprint density at radius 2 is 1.57 bits per heavy atom. The summed E-state index contributed by atoms with van der Waals surface area (Å²) in [6, 6.07) is 27.8. The molecule has 1 saturated carbocycles. The zero-order valence-corrected chi connectivity index (χ0v) is 28.3. The summed E-state index contributed by atoms with van der Waals surface area (Å²) in [5.41, 5.74) is 1.68. The van der Waals surface area contributed by atoms with Crippen LogP contribution in [0.2, 0.25) is 10.0 Å². The summed E-state index contributed by atoms with van der Waals surface area (Å²) < 4.78 is 34.7. The predicted octanol–water partition coefficient (Wildman–Crippen LogP) is 6.90. The van der Waals surface area contributed by atoms with Gasteiger partial charge < -0.3 is 15.0 Å². The number of hydrogen-bond acceptors (Lipinski definition) is 5. The molecule has 5 rings (SSSR count). The number of sulfonamides is 1. The molecule has 47 heavy (non-hydrogen) atoms. The lowest BCUT2D eigenvalue weighted by Gasteiger charge is -2.34. The van der Waals surface area contributed by atoms with Crippen LogP contribution < -0.4 is 14.4 Å². The number of hydrogen-bond donors (Lipinski definition) is 1. The molecule has 0 saturated heterocycles. The minimum Gasteiger partial charge on any atom is -0.497 e. The number of nitrogens with zero attached hydrogens (tertiary/aromatic N) is 2. The first-order valence-electron chi connectivity index (χ1n) is 15.5. The van der Waals surface area contributed by atoms with Gasteiger partial charge in [0, 0.05) is 29.1 Å². The van der Waals surface area contributed by atoms with E-state index in [1.165, 1.54) is 42.3 Å². The Morgan fingerprint density at radius 3 is 2.23 bits per heavy atom. The van der Waals surface area contributed by atoms with Crippen LogP contribution in [0.1, 0.15) is 36.8 Å². The second-order valence-electron chi connectivity index (χ2n) is 11.5. The number of rotatable bonds is 13. The van der Waals surface area contributed by atoms with E-state index in [0.29, 0.717) is 21.4 Å². The van der Waals surface area contributed by atoms with Crippen molar-refractivity contribution in [3.63, 3.8) is 0 Å². The molecule has 1 N–H and O–H groups in total. The quantitative estimate of drug-likeness (QED) is 0.164. The molecular weight excluding hydrogens is 657 g/mol. The highest BCUT2D eigenvalue weighted by Crippen LogP contribution is 2.29. The molecule has 246 valence electrons. The number of amides is 2. The smallest absolute Gasteiger partial charge is 0.264 e. The van der Waals surface area contributed by atoms with Crippen molar-refractivity contribution in [3.05, 3.63) is 124 Å². The van der Waals surface area contributed by atoms with Crippen molar-refractivity contribution in [2.24, 2.45) is 0 Å². The monoisotopic (exact) mass is 693 g/mol. The van der Waals surface area contributed by atoms with E-state index in [4.69, 9.17) is 27.9 Å². The zero-order chi connectivity index (χ0) is 33.4. The maximum Gasteiger partial charge on any atom is 0.264 e. The number of nitrogens with one attached hydrogen (secondary N) is 1. The van der Waals surface area contributed by atoms with Gasteiger partial charge in [0.15, 0.2) is 0 Å². The number of carbonyl (C=O) groups is 2. The summed E-state index contributed by atoms with van der Waals surface area (Å²) in [5.74, 6) is -0.393. The molecule has 1 fully saturated rings. The molecule has 0 bridgehead atoms. The molecule has 1 atom stereocenters. The molecule has 4 aromatic carbocycles. The minimum absolute atomic E-state index is 0.0106. The van der Waals surface area contributed by atoms with Crippen molar-refractivity contribution in [1.29, 1.82) is 0 Å². The van der Waals surface area contributed by atoms with Crippen molar-refractivity contribution < 1.29 is 22.7 Å². The van der Waals surface area contributed by atoms with Crippen LogP contribution in [0.4, 0.5) is 5.69 Å². The SMILES string of the molecule is COc1ccc(S(=O)(=O)N(CC(=O)N(Cc2ccccc2Cl)C(Cc2ccccc2)C(=O)NC2CCCC2)c2cccc(Cl)c2)cc1. The van der Waals surface area contributed by atoms with Gasteiger partial charge in [-0.3, -0.25) is 13.9 Å². The van der Waals surface area contributed by atoms with Gasteiger partial charge in [0.25, 0.3) is 10.0 Å². The Morgan fingerprint density at radius 1 is 0.894 bits per heavy atom. The molecule has 1 aliphatic carbocycles. The van der Waals surface area contributed by atoms with Gasteiger partial charge in [-0.1, -0.05) is 90.6 Å². The van der Waals surface area contributed by atoms with Gasteiger partial charge in [0.05, 0.1) is 17.7 Å². The Hall–Kier alpha value is -4.05. The van der Waals surface area contributed by atoms with Gasteiger partial charge in [-0.05, 0) is 72.5 Å². The highest BCUT2D eigenvalue weighted by atomic mass is 35.5. The Kier molecular flexibility index (Phi) is 11.4. The van der Waals surface area contributed by atoms with Crippen LogP contribution in [0.3, 0.4) is 0 Å². The average molecular weight is 695 g/mol. The summed E-state index contributed by atoms with van der Waals surface area (Å²) in [6.45, 7) is -0.610. The van der Waals surface area contributed by atoms with Gasteiger partial charge in [0.1, 0.15) is 18.3 Å². The molecule has 0 spiro atoms. The molecule has 2 amide bonds. The van der Waals surface area contributed by atoms with Crippen LogP contribution in [0.15, 0.2) is 108 Å². The van der Waals surface area contributed by atoms with Gasteiger partial charge in [-0.15, -0.1) is 0 Å². The first-order chi connectivity index (χ1) is 22.7. The summed E-state index contributed by atoms with van der Waals surface area (Å²) >= 11 is 12.9. The van der Waals surface area contributed by atoms with E-state index in [1.807, 2.05) is 30.3 Å². The molecule has 0 radical (unpaired) electrons. The lowest BCUT2D eigenvalue weighted by Crippen LogP contribution is -2.54. The minimum atomic E-state index is -4.28. The van der Waals surface area contributed by atoms with Crippen molar-refractivity contribution in [1.82, 2.24) is 10.2 Å². The normalized spacial score (nSPS) is 13.9. The zero-order valence-electron chi connectivity index (χ0n) is 26.0. The summed E-state index contributed by atoms with van der Waals surface area (Å²) in [7, 11) is -2.80. The number of methoxy groups -OCH3 is 1. The molecule has 0 aliphatic heterocycles. The average Bonchev–Trinajstić information content (AvgIpc) is 3.59. The van der Waals surface area contributed by atoms with Crippen LogP contribution in [-0.4, -0.2) is 50.9 Å². The fourth-order valence-corrected chi connectivity index (χ4v) is 7.55. The fraction of sp³-hybridized carbons (Fsp3) is 0.278. The fourth-order valence-electron chi connectivity index (χ4n) is 5.77. The van der Waals surface area contributed by atoms with Crippen molar-refractivity contribution in [3.8, 4) is 5.75 Å².